The highest BCUT2D eigenvalue weighted by atomic mass is 16.2. The Hall–Kier alpha value is -1.19. The Balaban J connectivity index is 0.000000791. The topological polar surface area (TPSA) is 49.3 Å². The van der Waals surface area contributed by atoms with E-state index in [1.165, 1.54) is 0 Å². The Labute approximate surface area is 84.8 Å². The SMILES string of the molecule is CCNCC(=O)c1ccccc1.CO. The zero-order chi connectivity index (χ0) is 10.8. The van der Waals surface area contributed by atoms with Crippen molar-refractivity contribution in [1.29, 1.82) is 0 Å². The summed E-state index contributed by atoms with van der Waals surface area (Å²) in [6, 6.07) is 9.32. The van der Waals surface area contributed by atoms with Gasteiger partial charge >= 0.3 is 0 Å². The molecule has 0 aliphatic rings. The van der Waals surface area contributed by atoms with E-state index in [9.17, 15) is 4.79 Å². The second-order valence-electron chi connectivity index (χ2n) is 2.57. The number of likely N-dealkylation sites (N-methyl/N-ethyl adjacent to an activating group) is 1. The number of hydrogen-bond acceptors (Lipinski definition) is 3. The Bertz CT molecular complexity index is 247. The lowest BCUT2D eigenvalue weighted by molar-refractivity contribution is 0.0992. The molecule has 0 saturated heterocycles. The van der Waals surface area contributed by atoms with E-state index in [2.05, 4.69) is 5.32 Å². The van der Waals surface area contributed by atoms with Gasteiger partial charge in [-0.2, -0.15) is 0 Å². The molecule has 0 radical (unpaired) electrons. The minimum Gasteiger partial charge on any atom is -0.400 e. The highest BCUT2D eigenvalue weighted by molar-refractivity contribution is 5.97. The van der Waals surface area contributed by atoms with E-state index in [1.54, 1.807) is 0 Å². The highest BCUT2D eigenvalue weighted by Gasteiger charge is 2.01. The van der Waals surface area contributed by atoms with Crippen LogP contribution >= 0.6 is 0 Å². The molecule has 0 aromatic heterocycles. The molecule has 2 N–H and O–H groups in total. The first-order valence-corrected chi connectivity index (χ1v) is 4.58. The van der Waals surface area contributed by atoms with Crippen LogP contribution in [-0.4, -0.2) is 31.1 Å². The van der Waals surface area contributed by atoms with Gasteiger partial charge in [0.25, 0.3) is 0 Å². The largest absolute Gasteiger partial charge is 0.400 e. The summed E-state index contributed by atoms with van der Waals surface area (Å²) < 4.78 is 0. The quantitative estimate of drug-likeness (QED) is 0.707. The molecule has 0 bridgehead atoms. The van der Waals surface area contributed by atoms with Gasteiger partial charge in [0.15, 0.2) is 5.78 Å². The number of aliphatic hydroxyl groups is 1. The average Bonchev–Trinajstić information content (AvgIpc) is 2.30. The number of hydrogen-bond donors (Lipinski definition) is 2. The molecule has 14 heavy (non-hydrogen) atoms. The second kappa shape index (κ2) is 8.41. The summed E-state index contributed by atoms with van der Waals surface area (Å²) in [5.41, 5.74) is 0.776. The van der Waals surface area contributed by atoms with Gasteiger partial charge in [0, 0.05) is 12.7 Å². The van der Waals surface area contributed by atoms with Gasteiger partial charge in [-0.1, -0.05) is 37.3 Å². The Morgan fingerprint density at radius 2 is 1.86 bits per heavy atom. The summed E-state index contributed by atoms with van der Waals surface area (Å²) in [7, 11) is 1.00. The van der Waals surface area contributed by atoms with Crippen LogP contribution in [0.4, 0.5) is 0 Å². The molecule has 3 nitrogen and oxygen atoms in total. The molecule has 0 saturated carbocycles. The molecule has 0 atom stereocenters. The first kappa shape index (κ1) is 12.8. The van der Waals surface area contributed by atoms with Gasteiger partial charge in [0.2, 0.25) is 0 Å². The summed E-state index contributed by atoms with van der Waals surface area (Å²) >= 11 is 0. The van der Waals surface area contributed by atoms with Crippen molar-refractivity contribution in [1.82, 2.24) is 5.32 Å². The third-order valence-corrected chi connectivity index (χ3v) is 1.63. The predicted molar refractivity (Wildman–Crippen MR) is 57.5 cm³/mol. The van der Waals surface area contributed by atoms with Crippen molar-refractivity contribution in [2.24, 2.45) is 0 Å². The molecule has 1 aromatic rings. The summed E-state index contributed by atoms with van der Waals surface area (Å²) in [5.74, 6) is 0.150. The minimum absolute atomic E-state index is 0.150. The van der Waals surface area contributed by atoms with Gasteiger partial charge in [-0.25, -0.2) is 0 Å². The van der Waals surface area contributed by atoms with Crippen molar-refractivity contribution in [3.05, 3.63) is 35.9 Å². The van der Waals surface area contributed by atoms with Gasteiger partial charge < -0.3 is 10.4 Å². The highest BCUT2D eigenvalue weighted by Crippen LogP contribution is 1.98. The molecule has 0 fully saturated rings. The van der Waals surface area contributed by atoms with E-state index in [0.717, 1.165) is 19.2 Å². The lowest BCUT2D eigenvalue weighted by Gasteiger charge is -1.99. The number of nitrogens with one attached hydrogen (secondary N) is 1. The zero-order valence-electron chi connectivity index (χ0n) is 8.66. The van der Waals surface area contributed by atoms with Crippen LogP contribution < -0.4 is 5.32 Å². The number of rotatable bonds is 4. The van der Waals surface area contributed by atoms with Gasteiger partial charge in [0.1, 0.15) is 0 Å². The Kier molecular flexibility index (Phi) is 7.70. The molecule has 1 aromatic carbocycles. The fourth-order valence-corrected chi connectivity index (χ4v) is 0.965. The molecule has 0 aliphatic heterocycles. The monoisotopic (exact) mass is 195 g/mol. The van der Waals surface area contributed by atoms with Crippen LogP contribution in [0.15, 0.2) is 30.3 Å². The molecule has 78 valence electrons. The molecule has 3 heteroatoms. The normalized spacial score (nSPS) is 8.79. The molecule has 0 aliphatic carbocycles. The van der Waals surface area contributed by atoms with Crippen molar-refractivity contribution in [2.75, 3.05) is 20.2 Å². The summed E-state index contributed by atoms with van der Waals surface area (Å²) in [4.78, 5) is 11.3. The first-order chi connectivity index (χ1) is 6.84. The number of carbonyl (C=O) groups excluding carboxylic acids is 1. The number of Topliss-reactive ketones (excluding diaryl/α,β-unsaturated/α-hetero) is 1. The maximum Gasteiger partial charge on any atom is 0.176 e. The van der Waals surface area contributed by atoms with Gasteiger partial charge in [-0.05, 0) is 6.54 Å². The molecular formula is C11H17NO2. The first-order valence-electron chi connectivity index (χ1n) is 4.58. The van der Waals surface area contributed by atoms with E-state index < -0.39 is 0 Å². The van der Waals surface area contributed by atoms with Crippen LogP contribution in [0.2, 0.25) is 0 Å². The molecule has 1 rings (SSSR count). The third-order valence-electron chi connectivity index (χ3n) is 1.63. The van der Waals surface area contributed by atoms with Crippen molar-refractivity contribution >= 4 is 5.78 Å². The number of benzene rings is 1. The lowest BCUT2D eigenvalue weighted by atomic mass is 10.1. The van der Waals surface area contributed by atoms with Crippen LogP contribution in [0.3, 0.4) is 0 Å². The predicted octanol–water partition coefficient (Wildman–Crippen LogP) is 1.09. The van der Waals surface area contributed by atoms with Crippen molar-refractivity contribution in [2.45, 2.75) is 6.92 Å². The Morgan fingerprint density at radius 1 is 1.29 bits per heavy atom. The van der Waals surface area contributed by atoms with E-state index in [-0.39, 0.29) is 5.78 Å². The Morgan fingerprint density at radius 3 is 2.36 bits per heavy atom. The van der Waals surface area contributed by atoms with Crippen LogP contribution in [0, 0.1) is 0 Å². The molecule has 0 spiro atoms. The van der Waals surface area contributed by atoms with Crippen molar-refractivity contribution < 1.29 is 9.90 Å². The smallest absolute Gasteiger partial charge is 0.176 e. The fourth-order valence-electron chi connectivity index (χ4n) is 0.965. The summed E-state index contributed by atoms with van der Waals surface area (Å²) in [6.07, 6.45) is 0. The lowest BCUT2D eigenvalue weighted by Crippen LogP contribution is -2.22. The number of aliphatic hydroxyl groups excluding tert-OH is 1. The molecular weight excluding hydrogens is 178 g/mol. The van der Waals surface area contributed by atoms with Gasteiger partial charge in [0.05, 0.1) is 6.54 Å². The molecule has 0 amide bonds. The van der Waals surface area contributed by atoms with Crippen LogP contribution in [0.5, 0.6) is 0 Å². The summed E-state index contributed by atoms with van der Waals surface area (Å²) in [5, 5.41) is 10.00. The minimum atomic E-state index is 0.150. The summed E-state index contributed by atoms with van der Waals surface area (Å²) in [6.45, 7) is 3.25. The van der Waals surface area contributed by atoms with E-state index in [0.29, 0.717) is 6.54 Å². The van der Waals surface area contributed by atoms with Gasteiger partial charge in [-0.3, -0.25) is 4.79 Å². The van der Waals surface area contributed by atoms with Gasteiger partial charge in [-0.15, -0.1) is 0 Å². The standard InChI is InChI=1S/C10H13NO.CH4O/c1-2-11-8-10(12)9-6-4-3-5-7-9;1-2/h3-7,11H,2,8H2,1H3;2H,1H3. The maximum atomic E-state index is 11.3. The van der Waals surface area contributed by atoms with E-state index in [4.69, 9.17) is 5.11 Å². The van der Waals surface area contributed by atoms with E-state index >= 15 is 0 Å². The molecule has 0 unspecified atom stereocenters. The maximum absolute atomic E-state index is 11.3. The third kappa shape index (κ3) is 4.74. The van der Waals surface area contributed by atoms with Crippen molar-refractivity contribution in [3.63, 3.8) is 0 Å². The second-order valence-corrected chi connectivity index (χ2v) is 2.57. The average molecular weight is 195 g/mol. The number of ketones is 1. The van der Waals surface area contributed by atoms with Crippen LogP contribution in [-0.2, 0) is 0 Å². The van der Waals surface area contributed by atoms with Crippen molar-refractivity contribution in [3.8, 4) is 0 Å². The molecule has 0 heterocycles. The van der Waals surface area contributed by atoms with E-state index in [1.807, 2.05) is 37.3 Å². The van der Waals surface area contributed by atoms with Crippen LogP contribution in [0.25, 0.3) is 0 Å². The van der Waals surface area contributed by atoms with Crippen LogP contribution in [0.1, 0.15) is 17.3 Å². The number of carbonyl (C=O) groups is 1. The fraction of sp³-hybridized carbons (Fsp3) is 0.364. The zero-order valence-corrected chi connectivity index (χ0v) is 8.66.